The third-order valence-electron chi connectivity index (χ3n) is 8.63. The quantitative estimate of drug-likeness (QED) is 0.381. The van der Waals surface area contributed by atoms with Gasteiger partial charge in [-0.3, -0.25) is 24.6 Å². The average molecular weight is 641 g/mol. The summed E-state index contributed by atoms with van der Waals surface area (Å²) in [5.74, 6) is 0.764. The Kier molecular flexibility index (Phi) is 9.07. The number of hydrogen-bond donors (Lipinski definition) is 2. The highest BCUT2D eigenvalue weighted by atomic mass is 32.2. The SMILES string of the molecule is COc1c(NC(=O)Oc2cc3cccc(CN4CCN(C(=O)C5CCN5C)CC4)c3n2C)cc(C(C)(C)C)cc1NS(C)(=O)=O. The second-order valence-electron chi connectivity index (χ2n) is 13.0. The fraction of sp³-hybridized carbons (Fsp3) is 0.500. The molecular weight excluding hydrogens is 596 g/mol. The number of nitrogens with zero attached hydrogens (tertiary/aromatic N) is 4. The zero-order valence-corrected chi connectivity index (χ0v) is 28.0. The maximum Gasteiger partial charge on any atom is 0.418 e. The Hall–Kier alpha value is -3.81. The van der Waals surface area contributed by atoms with Gasteiger partial charge in [-0.15, -0.1) is 0 Å². The minimum Gasteiger partial charge on any atom is -0.492 e. The van der Waals surface area contributed by atoms with Gasteiger partial charge in [0.1, 0.15) is 0 Å². The Morgan fingerprint density at radius 1 is 1.00 bits per heavy atom. The van der Waals surface area contributed by atoms with Crippen molar-refractivity contribution in [2.75, 3.05) is 63.2 Å². The number of likely N-dealkylation sites (N-methyl/N-ethyl adjacent to an activating group) is 1. The van der Waals surface area contributed by atoms with E-state index >= 15 is 0 Å². The molecular formula is C32H44N6O6S. The molecule has 2 aromatic carbocycles. The van der Waals surface area contributed by atoms with Crippen LogP contribution in [0, 0.1) is 0 Å². The average Bonchev–Trinajstić information content (AvgIpc) is 3.26. The van der Waals surface area contributed by atoms with Crippen LogP contribution in [-0.4, -0.2) is 98.9 Å². The second-order valence-corrected chi connectivity index (χ2v) is 14.8. The summed E-state index contributed by atoms with van der Waals surface area (Å²) in [6.45, 7) is 10.7. The first-order valence-corrected chi connectivity index (χ1v) is 17.0. The van der Waals surface area contributed by atoms with E-state index in [0.717, 1.165) is 54.3 Å². The van der Waals surface area contributed by atoms with Crippen LogP contribution in [0.3, 0.4) is 0 Å². The van der Waals surface area contributed by atoms with E-state index in [1.54, 1.807) is 12.1 Å². The zero-order valence-electron chi connectivity index (χ0n) is 27.1. The third kappa shape index (κ3) is 7.21. The smallest absolute Gasteiger partial charge is 0.418 e. The number of aromatic nitrogens is 1. The molecule has 2 aliphatic heterocycles. The Labute approximate surface area is 265 Å². The number of sulfonamides is 1. The van der Waals surface area contributed by atoms with Crippen molar-refractivity contribution >= 4 is 44.3 Å². The van der Waals surface area contributed by atoms with Crippen molar-refractivity contribution in [3.05, 3.63) is 47.5 Å². The number of rotatable bonds is 8. The van der Waals surface area contributed by atoms with Crippen molar-refractivity contribution < 1.29 is 27.5 Å². The lowest BCUT2D eigenvalue weighted by Crippen LogP contribution is -2.58. The number of hydrogen-bond acceptors (Lipinski definition) is 8. The molecule has 0 saturated carbocycles. The number of carbonyl (C=O) groups is 2. The van der Waals surface area contributed by atoms with E-state index in [4.69, 9.17) is 9.47 Å². The lowest BCUT2D eigenvalue weighted by atomic mass is 9.86. The molecule has 2 fully saturated rings. The van der Waals surface area contributed by atoms with Gasteiger partial charge in [0.2, 0.25) is 21.8 Å². The van der Waals surface area contributed by atoms with Crippen molar-refractivity contribution in [3.63, 3.8) is 0 Å². The summed E-state index contributed by atoms with van der Waals surface area (Å²) in [6, 6.07) is 11.4. The van der Waals surface area contributed by atoms with Gasteiger partial charge in [0.05, 0.1) is 36.3 Å². The summed E-state index contributed by atoms with van der Waals surface area (Å²) in [5.41, 5.74) is 3.00. The minimum atomic E-state index is -3.61. The number of likely N-dealkylation sites (tertiary alicyclic amines) is 1. The van der Waals surface area contributed by atoms with E-state index in [1.165, 1.54) is 7.11 Å². The molecule has 2 N–H and O–H groups in total. The lowest BCUT2D eigenvalue weighted by Gasteiger charge is -2.42. The Balaban J connectivity index is 1.31. The molecule has 1 aromatic heterocycles. The number of fused-ring (bicyclic) bond motifs is 1. The van der Waals surface area contributed by atoms with Crippen LogP contribution in [0.4, 0.5) is 16.2 Å². The summed E-state index contributed by atoms with van der Waals surface area (Å²) in [5, 5.41) is 3.69. The summed E-state index contributed by atoms with van der Waals surface area (Å²) in [6.07, 6.45) is 1.25. The van der Waals surface area contributed by atoms with Crippen LogP contribution < -0.4 is 19.5 Å². The molecule has 0 aliphatic carbocycles. The lowest BCUT2D eigenvalue weighted by molar-refractivity contribution is -0.142. The van der Waals surface area contributed by atoms with Crippen molar-refractivity contribution in [3.8, 4) is 11.6 Å². The zero-order chi connectivity index (χ0) is 32.7. The van der Waals surface area contributed by atoms with Crippen LogP contribution in [-0.2, 0) is 33.8 Å². The number of amides is 2. The minimum absolute atomic E-state index is 0.0269. The highest BCUT2D eigenvalue weighted by Crippen LogP contribution is 2.39. The van der Waals surface area contributed by atoms with Crippen molar-refractivity contribution in [2.24, 2.45) is 7.05 Å². The van der Waals surface area contributed by atoms with Gasteiger partial charge in [0.25, 0.3) is 0 Å². The molecule has 3 aromatic rings. The standard InChI is InChI=1S/C32H44N6O6S/c1-32(2,3)23-18-24(29(43-6)25(19-23)34-45(7,41)42)33-31(40)44-27-17-21-9-8-10-22(28(21)36(27)5)20-37-13-15-38(16-14-37)30(39)26-11-12-35(26)4/h8-10,17-19,26,34H,11-16,20H2,1-7H3,(H,33,40). The molecule has 0 bridgehead atoms. The largest absolute Gasteiger partial charge is 0.492 e. The molecule has 0 spiro atoms. The normalized spacial score (nSPS) is 18.0. The van der Waals surface area contributed by atoms with E-state index in [2.05, 4.69) is 25.9 Å². The number of nitrogens with one attached hydrogen (secondary N) is 2. The number of aryl methyl sites for hydroxylation is 1. The molecule has 1 unspecified atom stereocenters. The van der Waals surface area contributed by atoms with Crippen LogP contribution in [0.25, 0.3) is 10.9 Å². The number of ether oxygens (including phenoxy) is 2. The topological polar surface area (TPSA) is 125 Å². The van der Waals surface area contributed by atoms with Gasteiger partial charge in [-0.1, -0.05) is 39.0 Å². The van der Waals surface area contributed by atoms with Crippen LogP contribution >= 0.6 is 0 Å². The van der Waals surface area contributed by atoms with Crippen LogP contribution in [0.5, 0.6) is 11.6 Å². The highest BCUT2D eigenvalue weighted by Gasteiger charge is 2.35. The van der Waals surface area contributed by atoms with Crippen LogP contribution in [0.15, 0.2) is 36.4 Å². The number of piperazine rings is 1. The van der Waals surface area contributed by atoms with E-state index < -0.39 is 16.1 Å². The maximum atomic E-state index is 13.2. The first-order valence-electron chi connectivity index (χ1n) is 15.1. The first-order chi connectivity index (χ1) is 21.1. The maximum absolute atomic E-state index is 13.2. The predicted molar refractivity (Wildman–Crippen MR) is 176 cm³/mol. The molecule has 3 heterocycles. The highest BCUT2D eigenvalue weighted by molar-refractivity contribution is 7.92. The first kappa shape index (κ1) is 32.6. The molecule has 2 saturated heterocycles. The number of benzene rings is 2. The molecule has 1 atom stereocenters. The van der Waals surface area contributed by atoms with Crippen molar-refractivity contribution in [1.82, 2.24) is 19.3 Å². The van der Waals surface area contributed by atoms with Gasteiger partial charge in [-0.2, -0.15) is 0 Å². The van der Waals surface area contributed by atoms with Gasteiger partial charge in [0.15, 0.2) is 5.75 Å². The predicted octanol–water partition coefficient (Wildman–Crippen LogP) is 3.82. The molecule has 2 amide bonds. The summed E-state index contributed by atoms with van der Waals surface area (Å²) < 4.78 is 39.8. The Morgan fingerprint density at radius 2 is 1.69 bits per heavy atom. The fourth-order valence-corrected chi connectivity index (χ4v) is 6.54. The van der Waals surface area contributed by atoms with E-state index in [0.29, 0.717) is 25.5 Å². The van der Waals surface area contributed by atoms with Gasteiger partial charge in [0, 0.05) is 57.8 Å². The fourth-order valence-electron chi connectivity index (χ4n) is 5.99. The van der Waals surface area contributed by atoms with Crippen LogP contribution in [0.2, 0.25) is 0 Å². The van der Waals surface area contributed by atoms with Crippen molar-refractivity contribution in [2.45, 2.75) is 45.2 Å². The number of carbonyl (C=O) groups excluding carboxylic acids is 2. The van der Waals surface area contributed by atoms with Gasteiger partial charge < -0.3 is 18.9 Å². The monoisotopic (exact) mass is 640 g/mol. The van der Waals surface area contributed by atoms with E-state index in [1.807, 2.05) is 62.5 Å². The summed E-state index contributed by atoms with van der Waals surface area (Å²) >= 11 is 0. The molecule has 0 radical (unpaired) electrons. The molecule has 244 valence electrons. The number of methoxy groups -OCH3 is 1. The van der Waals surface area contributed by atoms with Crippen LogP contribution in [0.1, 0.15) is 38.3 Å². The molecule has 45 heavy (non-hydrogen) atoms. The van der Waals surface area contributed by atoms with E-state index in [9.17, 15) is 18.0 Å². The Morgan fingerprint density at radius 3 is 2.27 bits per heavy atom. The van der Waals surface area contributed by atoms with E-state index in [-0.39, 0.29) is 34.5 Å². The van der Waals surface area contributed by atoms with Gasteiger partial charge >= 0.3 is 6.09 Å². The number of para-hydroxylation sites is 1. The molecule has 12 nitrogen and oxygen atoms in total. The van der Waals surface area contributed by atoms with Gasteiger partial charge in [-0.25, -0.2) is 13.2 Å². The van der Waals surface area contributed by atoms with Crippen molar-refractivity contribution in [1.29, 1.82) is 0 Å². The summed E-state index contributed by atoms with van der Waals surface area (Å²) in [7, 11) is 1.65. The van der Waals surface area contributed by atoms with Gasteiger partial charge in [-0.05, 0) is 42.1 Å². The second kappa shape index (κ2) is 12.5. The summed E-state index contributed by atoms with van der Waals surface area (Å²) in [4.78, 5) is 32.5. The Bertz CT molecular complexity index is 1700. The third-order valence-corrected chi connectivity index (χ3v) is 9.23. The molecule has 2 aliphatic rings. The molecule has 5 rings (SSSR count). The number of anilines is 2. The molecule has 13 heteroatoms.